The van der Waals surface area contributed by atoms with Crippen molar-refractivity contribution < 1.29 is 15.0 Å². The van der Waals surface area contributed by atoms with Crippen LogP contribution in [0.2, 0.25) is 0 Å². The molecule has 33 heavy (non-hydrogen) atoms. The largest absolute Gasteiger partial charge is 0.395 e. The summed E-state index contributed by atoms with van der Waals surface area (Å²) in [7, 11) is 0. The molecule has 0 bridgehead atoms. The van der Waals surface area contributed by atoms with Crippen molar-refractivity contribution in [3.8, 4) is 0 Å². The maximum absolute atomic E-state index is 13.0. The van der Waals surface area contributed by atoms with Gasteiger partial charge in [-0.3, -0.25) is 4.79 Å². The van der Waals surface area contributed by atoms with Crippen molar-refractivity contribution in [1.29, 1.82) is 0 Å². The van der Waals surface area contributed by atoms with Gasteiger partial charge in [0, 0.05) is 11.8 Å². The van der Waals surface area contributed by atoms with Crippen LogP contribution in [0.3, 0.4) is 0 Å². The molecule has 0 spiro atoms. The minimum atomic E-state index is -0.581. The van der Waals surface area contributed by atoms with Crippen molar-refractivity contribution in [3.05, 3.63) is 11.6 Å². The molecule has 0 aromatic heterocycles. The van der Waals surface area contributed by atoms with Crippen LogP contribution in [0.4, 0.5) is 0 Å². The highest BCUT2D eigenvalue weighted by atomic mass is 16.3. The van der Waals surface area contributed by atoms with E-state index in [1.165, 1.54) is 6.42 Å². The number of aliphatic hydroxyl groups is 2. The first-order chi connectivity index (χ1) is 15.2. The van der Waals surface area contributed by atoms with Gasteiger partial charge in [-0.05, 0) is 90.8 Å². The smallest absolute Gasteiger partial charge is 0.141 e. The number of carbonyl (C=O) groups excluding carboxylic acids is 1. The minimum Gasteiger partial charge on any atom is -0.395 e. The van der Waals surface area contributed by atoms with Crippen LogP contribution in [0, 0.1) is 50.2 Å². The van der Waals surface area contributed by atoms with Gasteiger partial charge >= 0.3 is 0 Å². The topological polar surface area (TPSA) is 57.5 Å². The number of aliphatic hydroxyl groups excluding tert-OH is 2. The molecule has 0 aromatic rings. The standard InChI is InChI=1S/C30H48O3/c1-25(2)16-20-19-8-9-22-27(4)12-11-23(32)28(5,18-31)21(27)10-13-30(22,7)29(19,6)15-14-26(20,3)24(33)17-25/h8,20-22,24,31,33H,9-18H2,1-7H3/t20-,21?,22+,24+,26+,27-,28+,29+,30+/m0/s1. The van der Waals surface area contributed by atoms with E-state index < -0.39 is 5.41 Å². The Balaban J connectivity index is 1.59. The average molecular weight is 457 g/mol. The molecule has 5 aliphatic rings. The van der Waals surface area contributed by atoms with Crippen LogP contribution in [-0.4, -0.2) is 28.7 Å². The van der Waals surface area contributed by atoms with Gasteiger partial charge < -0.3 is 10.2 Å². The SMILES string of the molecule is CC1(C)C[C@@H](O)[C@]2(C)CC[C@]3(C)C(=CC[C@@H]4[C@@]5(C)CCC(=O)[C@](C)(CO)C5CC[C@]43C)[C@@H]2C1. The van der Waals surface area contributed by atoms with Crippen molar-refractivity contribution in [1.82, 2.24) is 0 Å². The first-order valence-electron chi connectivity index (χ1n) is 13.7. The van der Waals surface area contributed by atoms with E-state index >= 15 is 0 Å². The van der Waals surface area contributed by atoms with E-state index in [2.05, 4.69) is 47.6 Å². The van der Waals surface area contributed by atoms with Crippen LogP contribution in [0.25, 0.3) is 0 Å². The van der Waals surface area contributed by atoms with E-state index in [0.717, 1.165) is 44.9 Å². The molecule has 1 unspecified atom stereocenters. The summed E-state index contributed by atoms with van der Waals surface area (Å²) in [5.74, 6) is 1.56. The zero-order valence-electron chi connectivity index (χ0n) is 22.3. The Kier molecular flexibility index (Phi) is 5.07. The lowest BCUT2D eigenvalue weighted by molar-refractivity contribution is -0.196. The lowest BCUT2D eigenvalue weighted by Gasteiger charge is -2.71. The van der Waals surface area contributed by atoms with Gasteiger partial charge in [0.05, 0.1) is 18.1 Å². The molecule has 0 amide bonds. The van der Waals surface area contributed by atoms with Gasteiger partial charge in [0.1, 0.15) is 5.78 Å². The van der Waals surface area contributed by atoms with Crippen LogP contribution < -0.4 is 0 Å². The maximum atomic E-state index is 13.0. The quantitative estimate of drug-likeness (QED) is 0.454. The number of fused-ring (bicyclic) bond motifs is 7. The van der Waals surface area contributed by atoms with Gasteiger partial charge in [0.25, 0.3) is 0 Å². The van der Waals surface area contributed by atoms with Crippen LogP contribution in [0.1, 0.15) is 106 Å². The Morgan fingerprint density at radius 1 is 0.909 bits per heavy atom. The molecule has 0 radical (unpaired) electrons. The van der Waals surface area contributed by atoms with Crippen molar-refractivity contribution in [2.45, 2.75) is 112 Å². The molecule has 9 atom stereocenters. The molecule has 0 aromatic carbocycles. The van der Waals surface area contributed by atoms with Crippen LogP contribution >= 0.6 is 0 Å². The van der Waals surface area contributed by atoms with Crippen molar-refractivity contribution in [2.75, 3.05) is 6.61 Å². The molecule has 2 N–H and O–H groups in total. The predicted octanol–water partition coefficient (Wildman–Crippen LogP) is 6.32. The van der Waals surface area contributed by atoms with Crippen molar-refractivity contribution in [2.24, 2.45) is 50.2 Å². The van der Waals surface area contributed by atoms with Crippen molar-refractivity contribution >= 4 is 5.78 Å². The molecule has 0 saturated heterocycles. The molecule has 4 saturated carbocycles. The fraction of sp³-hybridized carbons (Fsp3) is 0.900. The molecular formula is C30H48O3. The zero-order chi connectivity index (χ0) is 24.2. The van der Waals surface area contributed by atoms with Gasteiger partial charge in [-0.2, -0.15) is 0 Å². The Labute approximate surface area is 201 Å². The summed E-state index contributed by atoms with van der Waals surface area (Å²) in [4.78, 5) is 13.0. The monoisotopic (exact) mass is 456 g/mol. The van der Waals surface area contributed by atoms with E-state index in [1.807, 2.05) is 6.92 Å². The second-order valence-corrected chi connectivity index (χ2v) is 14.9. The Bertz CT molecular complexity index is 889. The molecule has 0 aliphatic heterocycles. The highest BCUT2D eigenvalue weighted by Gasteiger charge is 2.69. The number of Topliss-reactive ketones (excluding diaryl/α,β-unsaturated/α-hetero) is 1. The van der Waals surface area contributed by atoms with Crippen molar-refractivity contribution in [3.63, 3.8) is 0 Å². The Morgan fingerprint density at radius 3 is 2.27 bits per heavy atom. The summed E-state index contributed by atoms with van der Waals surface area (Å²) in [5, 5.41) is 21.6. The molecule has 0 heterocycles. The number of carbonyl (C=O) groups is 1. The molecular weight excluding hydrogens is 408 g/mol. The second kappa shape index (κ2) is 6.96. The van der Waals surface area contributed by atoms with Crippen LogP contribution in [0.15, 0.2) is 11.6 Å². The first kappa shape index (κ1) is 24.0. The predicted molar refractivity (Wildman–Crippen MR) is 133 cm³/mol. The molecule has 3 nitrogen and oxygen atoms in total. The van der Waals surface area contributed by atoms with E-state index in [9.17, 15) is 15.0 Å². The highest BCUT2D eigenvalue weighted by Crippen LogP contribution is 2.75. The third-order valence-electron chi connectivity index (χ3n) is 13.0. The molecule has 4 fully saturated rings. The van der Waals surface area contributed by atoms with Gasteiger partial charge in [-0.15, -0.1) is 0 Å². The first-order valence-corrected chi connectivity index (χ1v) is 13.7. The second-order valence-electron chi connectivity index (χ2n) is 14.9. The van der Waals surface area contributed by atoms with Gasteiger partial charge in [0.15, 0.2) is 0 Å². The number of hydrogen-bond acceptors (Lipinski definition) is 3. The zero-order valence-corrected chi connectivity index (χ0v) is 22.3. The summed E-state index contributed by atoms with van der Waals surface area (Å²) in [5.41, 5.74) is 1.69. The molecule has 186 valence electrons. The summed E-state index contributed by atoms with van der Waals surface area (Å²) in [6.45, 7) is 16.7. The van der Waals surface area contributed by atoms with Gasteiger partial charge in [-0.25, -0.2) is 0 Å². The minimum absolute atomic E-state index is 0.00210. The average Bonchev–Trinajstić information content (AvgIpc) is 2.73. The van der Waals surface area contributed by atoms with E-state index in [0.29, 0.717) is 18.3 Å². The normalized spacial score (nSPS) is 55.5. The molecule has 5 rings (SSSR count). The third kappa shape index (κ3) is 2.85. The lowest BCUT2D eigenvalue weighted by Crippen LogP contribution is -2.65. The molecule has 3 heteroatoms. The fourth-order valence-electron chi connectivity index (χ4n) is 10.5. The Hall–Kier alpha value is -0.670. The van der Waals surface area contributed by atoms with E-state index in [1.54, 1.807) is 5.57 Å². The number of allylic oxidation sites excluding steroid dienone is 2. The Morgan fingerprint density at radius 2 is 1.61 bits per heavy atom. The van der Waals surface area contributed by atoms with E-state index in [-0.39, 0.29) is 51.5 Å². The maximum Gasteiger partial charge on any atom is 0.141 e. The number of rotatable bonds is 1. The number of ketones is 1. The van der Waals surface area contributed by atoms with E-state index in [4.69, 9.17) is 0 Å². The van der Waals surface area contributed by atoms with Crippen LogP contribution in [0.5, 0.6) is 0 Å². The number of hydrogen-bond donors (Lipinski definition) is 2. The third-order valence-corrected chi connectivity index (χ3v) is 13.0. The summed E-state index contributed by atoms with van der Waals surface area (Å²) in [6, 6.07) is 0. The molecule has 5 aliphatic carbocycles. The highest BCUT2D eigenvalue weighted by molar-refractivity contribution is 5.86. The summed E-state index contributed by atoms with van der Waals surface area (Å²) >= 11 is 0. The summed E-state index contributed by atoms with van der Waals surface area (Å²) in [6.07, 6.45) is 11.6. The van der Waals surface area contributed by atoms with Gasteiger partial charge in [0.2, 0.25) is 0 Å². The fourth-order valence-corrected chi connectivity index (χ4v) is 10.5. The summed E-state index contributed by atoms with van der Waals surface area (Å²) < 4.78 is 0. The lowest BCUT2D eigenvalue weighted by atomic mass is 9.33. The van der Waals surface area contributed by atoms with Crippen LogP contribution in [-0.2, 0) is 4.79 Å². The van der Waals surface area contributed by atoms with Gasteiger partial charge in [-0.1, -0.05) is 60.1 Å².